The molecule has 28 heavy (non-hydrogen) atoms. The van der Waals surface area contributed by atoms with Crippen LogP contribution in [0.4, 0.5) is 4.79 Å². The zero-order valence-electron chi connectivity index (χ0n) is 16.6. The third-order valence-corrected chi connectivity index (χ3v) is 6.11. The van der Waals surface area contributed by atoms with Crippen LogP contribution >= 0.6 is 24.8 Å². The van der Waals surface area contributed by atoms with Gasteiger partial charge in [0.25, 0.3) is 0 Å². The van der Waals surface area contributed by atoms with Crippen LogP contribution in [0.3, 0.4) is 0 Å². The number of nitrogens with one attached hydrogen (secondary N) is 2. The van der Waals surface area contributed by atoms with E-state index in [0.717, 1.165) is 58.7 Å². The lowest BCUT2D eigenvalue weighted by Gasteiger charge is -2.41. The maximum absolute atomic E-state index is 12.6. The first-order valence-electron chi connectivity index (χ1n) is 10.0. The Morgan fingerprint density at radius 3 is 2.29 bits per heavy atom. The fraction of sp³-hybridized carbons (Fsp3) is 0.889. The molecule has 0 aliphatic carbocycles. The van der Waals surface area contributed by atoms with E-state index in [0.29, 0.717) is 12.6 Å². The third-order valence-electron chi connectivity index (χ3n) is 6.11. The van der Waals surface area contributed by atoms with Gasteiger partial charge in [-0.2, -0.15) is 0 Å². The smallest absolute Gasteiger partial charge is 0.320 e. The molecule has 8 nitrogen and oxygen atoms in total. The van der Waals surface area contributed by atoms with Gasteiger partial charge < -0.3 is 20.6 Å². The minimum Gasteiger partial charge on any atom is -0.480 e. The lowest BCUT2D eigenvalue weighted by molar-refractivity contribution is -0.143. The average molecular weight is 440 g/mol. The van der Waals surface area contributed by atoms with Crippen LogP contribution in [0.15, 0.2) is 0 Å². The molecule has 0 radical (unpaired) electrons. The van der Waals surface area contributed by atoms with Crippen LogP contribution in [0, 0.1) is 0 Å². The predicted molar refractivity (Wildman–Crippen MR) is 114 cm³/mol. The summed E-state index contributed by atoms with van der Waals surface area (Å²) in [7, 11) is 0. The van der Waals surface area contributed by atoms with Crippen molar-refractivity contribution in [1.82, 2.24) is 25.3 Å². The van der Waals surface area contributed by atoms with Crippen molar-refractivity contribution in [2.24, 2.45) is 0 Å². The number of halogens is 2. The predicted octanol–water partition coefficient (Wildman–Crippen LogP) is 0.847. The fourth-order valence-electron chi connectivity index (χ4n) is 4.36. The Morgan fingerprint density at radius 1 is 1.04 bits per heavy atom. The molecular weight excluding hydrogens is 405 g/mol. The van der Waals surface area contributed by atoms with Gasteiger partial charge in [-0.1, -0.05) is 0 Å². The van der Waals surface area contributed by atoms with E-state index >= 15 is 0 Å². The van der Waals surface area contributed by atoms with Crippen molar-refractivity contribution in [1.29, 1.82) is 0 Å². The first-order valence-corrected chi connectivity index (χ1v) is 10.0. The van der Waals surface area contributed by atoms with Gasteiger partial charge in [0, 0.05) is 44.8 Å². The van der Waals surface area contributed by atoms with Crippen molar-refractivity contribution in [3.63, 3.8) is 0 Å². The Balaban J connectivity index is 0.00000196. The van der Waals surface area contributed by atoms with E-state index in [4.69, 9.17) is 0 Å². The monoisotopic (exact) mass is 439 g/mol. The second kappa shape index (κ2) is 12.0. The molecule has 0 aromatic rings. The molecule has 3 aliphatic rings. The van der Waals surface area contributed by atoms with Gasteiger partial charge in [0.15, 0.2) is 0 Å². The molecule has 3 aliphatic heterocycles. The van der Waals surface area contributed by atoms with Crippen molar-refractivity contribution in [2.45, 2.75) is 50.7 Å². The number of hydrogen-bond acceptors (Lipinski definition) is 5. The number of urea groups is 1. The summed E-state index contributed by atoms with van der Waals surface area (Å²) in [6.45, 7) is 8.76. The molecule has 0 saturated carbocycles. The number of carbonyl (C=O) groups excluding carboxylic acids is 1. The van der Waals surface area contributed by atoms with Gasteiger partial charge in [-0.3, -0.25) is 14.6 Å². The van der Waals surface area contributed by atoms with Crippen molar-refractivity contribution in [3.05, 3.63) is 0 Å². The normalized spacial score (nSPS) is 25.9. The number of amides is 2. The lowest BCUT2D eigenvalue weighted by Crippen LogP contribution is -2.58. The van der Waals surface area contributed by atoms with Crippen LogP contribution in [-0.2, 0) is 4.79 Å². The van der Waals surface area contributed by atoms with Crippen molar-refractivity contribution in [3.8, 4) is 0 Å². The van der Waals surface area contributed by atoms with Gasteiger partial charge in [-0.05, 0) is 52.2 Å². The first-order chi connectivity index (χ1) is 12.5. The van der Waals surface area contributed by atoms with E-state index in [9.17, 15) is 14.7 Å². The number of carboxylic acids is 1. The SMILES string of the molecule is CC(C(=O)O)N1CCCC(NC(=O)N2CCN(C3CCNCC3)CC2)C1.Cl.Cl. The van der Waals surface area contributed by atoms with Crippen LogP contribution in [0.5, 0.6) is 0 Å². The number of hydrogen-bond donors (Lipinski definition) is 3. The minimum absolute atomic E-state index is 0. The summed E-state index contributed by atoms with van der Waals surface area (Å²) in [5, 5.41) is 15.7. The number of likely N-dealkylation sites (tertiary alicyclic amines) is 1. The topological polar surface area (TPSA) is 88.1 Å². The van der Waals surface area contributed by atoms with E-state index in [1.165, 1.54) is 12.8 Å². The van der Waals surface area contributed by atoms with Crippen molar-refractivity contribution in [2.75, 3.05) is 52.4 Å². The number of piperidine rings is 2. The highest BCUT2D eigenvalue weighted by Crippen LogP contribution is 2.16. The number of aliphatic carboxylic acids is 1. The largest absolute Gasteiger partial charge is 0.480 e. The molecule has 0 bridgehead atoms. The summed E-state index contributed by atoms with van der Waals surface area (Å²) in [6, 6.07) is 0.208. The summed E-state index contributed by atoms with van der Waals surface area (Å²) >= 11 is 0. The molecule has 3 heterocycles. The Kier molecular flexibility index (Phi) is 10.8. The van der Waals surface area contributed by atoms with Crippen LogP contribution in [0.25, 0.3) is 0 Å². The van der Waals surface area contributed by atoms with Gasteiger partial charge in [0.1, 0.15) is 6.04 Å². The molecule has 3 N–H and O–H groups in total. The summed E-state index contributed by atoms with van der Waals surface area (Å²) in [6.07, 6.45) is 4.24. The fourth-order valence-corrected chi connectivity index (χ4v) is 4.36. The molecule has 10 heteroatoms. The maximum Gasteiger partial charge on any atom is 0.320 e. The Morgan fingerprint density at radius 2 is 1.68 bits per heavy atom. The van der Waals surface area contributed by atoms with Gasteiger partial charge in [-0.15, -0.1) is 24.8 Å². The molecule has 164 valence electrons. The summed E-state index contributed by atoms with van der Waals surface area (Å²) < 4.78 is 0. The second-order valence-electron chi connectivity index (χ2n) is 7.80. The lowest BCUT2D eigenvalue weighted by atomic mass is 10.0. The van der Waals surface area contributed by atoms with Crippen molar-refractivity contribution < 1.29 is 14.7 Å². The molecule has 2 unspecified atom stereocenters. The second-order valence-corrected chi connectivity index (χ2v) is 7.80. The van der Waals surface area contributed by atoms with E-state index < -0.39 is 12.0 Å². The van der Waals surface area contributed by atoms with E-state index in [1.54, 1.807) is 6.92 Å². The quantitative estimate of drug-likeness (QED) is 0.601. The zero-order chi connectivity index (χ0) is 18.5. The van der Waals surface area contributed by atoms with E-state index in [1.807, 2.05) is 9.80 Å². The molecule has 0 aromatic heterocycles. The summed E-state index contributed by atoms with van der Waals surface area (Å²) in [5.74, 6) is -0.800. The van der Waals surface area contributed by atoms with Gasteiger partial charge >= 0.3 is 12.0 Å². The molecular formula is C18H35Cl2N5O3. The molecule has 0 spiro atoms. The first kappa shape index (κ1) is 25.2. The number of nitrogens with zero attached hydrogens (tertiary/aromatic N) is 3. The van der Waals surface area contributed by atoms with Gasteiger partial charge in [0.05, 0.1) is 0 Å². The molecule has 3 fully saturated rings. The van der Waals surface area contributed by atoms with Crippen LogP contribution in [-0.4, -0.2) is 102 Å². The van der Waals surface area contributed by atoms with Crippen LogP contribution in [0.1, 0.15) is 32.6 Å². The van der Waals surface area contributed by atoms with Crippen molar-refractivity contribution >= 4 is 36.8 Å². The summed E-state index contributed by atoms with van der Waals surface area (Å²) in [5.41, 5.74) is 0. The standard InChI is InChI=1S/C18H33N5O3.2ClH/c1-14(17(24)25)23-8-2-3-15(13-23)20-18(26)22-11-9-21(10-12-22)16-4-6-19-7-5-16;;/h14-16,19H,2-13H2,1H3,(H,20,26)(H,24,25);2*1H. The Labute approximate surface area is 180 Å². The number of piperazine rings is 1. The minimum atomic E-state index is -0.800. The number of carbonyl (C=O) groups is 2. The molecule has 0 aromatic carbocycles. The third kappa shape index (κ3) is 6.62. The molecule has 3 saturated heterocycles. The highest BCUT2D eigenvalue weighted by atomic mass is 35.5. The number of carboxylic acid groups (broad SMARTS) is 1. The molecule has 2 atom stereocenters. The molecule has 2 amide bonds. The maximum atomic E-state index is 12.6. The Bertz CT molecular complexity index is 500. The zero-order valence-corrected chi connectivity index (χ0v) is 18.3. The van der Waals surface area contributed by atoms with Gasteiger partial charge in [-0.25, -0.2) is 4.79 Å². The Hall–Kier alpha value is -0.800. The van der Waals surface area contributed by atoms with E-state index in [-0.39, 0.29) is 36.9 Å². The van der Waals surface area contributed by atoms with Crippen LogP contribution in [0.2, 0.25) is 0 Å². The summed E-state index contributed by atoms with van der Waals surface area (Å²) in [4.78, 5) is 30.2. The molecule has 3 rings (SSSR count). The highest BCUT2D eigenvalue weighted by molar-refractivity contribution is 5.85. The number of rotatable bonds is 4. The van der Waals surface area contributed by atoms with E-state index in [2.05, 4.69) is 15.5 Å². The van der Waals surface area contributed by atoms with Crippen LogP contribution < -0.4 is 10.6 Å². The van der Waals surface area contributed by atoms with Gasteiger partial charge in [0.2, 0.25) is 0 Å². The average Bonchev–Trinajstić information content (AvgIpc) is 2.68. The highest BCUT2D eigenvalue weighted by Gasteiger charge is 2.30.